The van der Waals surface area contributed by atoms with Crippen molar-refractivity contribution in [1.82, 2.24) is 0 Å². The summed E-state index contributed by atoms with van der Waals surface area (Å²) in [5.41, 5.74) is -1.07. The zero-order valence-corrected chi connectivity index (χ0v) is 101. The van der Waals surface area contributed by atoms with Gasteiger partial charge in [0.1, 0.15) is 44.8 Å². The first-order chi connectivity index (χ1) is 69.5. The molecule has 0 saturated heterocycles. The summed E-state index contributed by atoms with van der Waals surface area (Å²) in [5, 5.41) is 0. The van der Waals surface area contributed by atoms with Crippen molar-refractivity contribution in [3.63, 3.8) is 0 Å². The second-order valence-electron chi connectivity index (χ2n) is 59.3. The molecule has 0 aromatic heterocycles. The minimum Gasteiger partial charge on any atom is -0.459 e. The molecule has 0 N–H and O–H groups in total. The Balaban J connectivity index is 0.000000127. The quantitative estimate of drug-likeness (QED) is 0.0405. The van der Waals surface area contributed by atoms with Gasteiger partial charge >= 0.3 is 47.8 Å². The highest BCUT2D eigenvalue weighted by Crippen LogP contribution is 2.77. The van der Waals surface area contributed by atoms with Crippen molar-refractivity contribution in [3.8, 4) is 0 Å². The standard InChI is InChI=1S/C20H32O2.C19H30O2.C17H28O2.C17H30O2.C16H26O2.C16H28O2.C14H24O2.C13H22O2/c1-5-19(3,4)18(21)22-20(6-2)11-14-10-15(20)17-13-8-7-12(9-13)16(14)17;1-5-18(2,3)17(20)21-19(4)10-13-9-14(19)16-12-7-6-11(8-12)15(13)16;1-4-11(3)16(18)19-17(5-2)10-12-9-15(17)14-8-6-7-13(12)14;1-7-12(3)14(18)19-17(8-2)11-13-9-10-16(17,6)15(13,4)5;1-4-10(2)15(17)18-16(3)9-11-8-14(16)13-7-5-6-12(11)13;1-7-11(2)13(17)18-16(6)10-12-8-9-15(16,5)14(12,3)4;1-4-10(3)13(15)16-14(5-2)9-11-6-7-12(14)8-11;1-4-9(2)12(14)15-13(3)8-10-5-6-11(13)7-10/h12-17H,5-11H2,1-4H3;11-16H,5-10H2,1-4H3;11-15H,4-10H2,1-3H3;12-13H,7-11H2,1-6H3;10-14H,4-9H2,1-3H3;11-12H,7-10H2,1-6H3;10-12H,4-9H2,1-3H3;9-11H,4-8H2,1-3H3. The molecule has 0 aromatic carbocycles. The molecule has 0 heterocycles. The lowest BCUT2D eigenvalue weighted by Gasteiger charge is -2.47. The Bertz CT molecular complexity index is 4620. The van der Waals surface area contributed by atoms with Gasteiger partial charge < -0.3 is 37.9 Å². The lowest BCUT2D eigenvalue weighted by molar-refractivity contribution is -0.185. The number of fused-ring (bicyclic) bond motifs is 36. The fraction of sp³-hybridized carbons (Fsp3) is 0.939. The van der Waals surface area contributed by atoms with E-state index in [1.165, 1.54) is 167 Å². The van der Waals surface area contributed by atoms with E-state index in [1.54, 1.807) is 0 Å². The summed E-state index contributed by atoms with van der Waals surface area (Å²) in [6, 6.07) is 0. The minimum absolute atomic E-state index is 0.00699. The average molecular weight is 2060 g/mol. The number of esters is 8. The second-order valence-corrected chi connectivity index (χ2v) is 59.3. The number of carbonyl (C=O) groups excluding carboxylic acids is 8. The summed E-state index contributed by atoms with van der Waals surface area (Å²) in [6.07, 6.45) is 55.2. The summed E-state index contributed by atoms with van der Waals surface area (Å²) in [5.74, 6) is 22.2. The minimum atomic E-state index is -0.335. The van der Waals surface area contributed by atoms with Crippen LogP contribution in [0.2, 0.25) is 0 Å². The van der Waals surface area contributed by atoms with E-state index in [9.17, 15) is 38.4 Å². The third-order valence-corrected chi connectivity index (χ3v) is 51.4. The highest BCUT2D eigenvalue weighted by atomic mass is 16.6. The molecule has 42 atom stereocenters. The predicted molar refractivity (Wildman–Crippen MR) is 591 cm³/mol. The molecule has 16 nitrogen and oxygen atoms in total. The lowest BCUT2D eigenvalue weighted by Crippen LogP contribution is -2.50. The van der Waals surface area contributed by atoms with E-state index < -0.39 is 0 Å². The van der Waals surface area contributed by atoms with E-state index in [2.05, 4.69) is 132 Å². The van der Waals surface area contributed by atoms with Crippen molar-refractivity contribution < 1.29 is 76.3 Å². The van der Waals surface area contributed by atoms with Crippen LogP contribution in [0.25, 0.3) is 0 Å². The van der Waals surface area contributed by atoms with Crippen LogP contribution in [0.1, 0.15) is 517 Å². The van der Waals surface area contributed by atoms with Gasteiger partial charge in [0.2, 0.25) is 0 Å². The third kappa shape index (κ3) is 21.0. The number of ether oxygens (including phenoxy) is 8. The van der Waals surface area contributed by atoms with Gasteiger partial charge in [-0.2, -0.15) is 0 Å². The molecule has 16 heteroatoms. The fourth-order valence-electron chi connectivity index (χ4n) is 39.0. The number of rotatable bonds is 28. The zero-order valence-electron chi connectivity index (χ0n) is 101. The summed E-state index contributed by atoms with van der Waals surface area (Å²) >= 11 is 0. The molecule has 22 aliphatic rings. The highest BCUT2D eigenvalue weighted by molar-refractivity contribution is 5.78. The Kier molecular flexibility index (Phi) is 35.4. The molecule has 22 aliphatic carbocycles. The van der Waals surface area contributed by atoms with E-state index in [1.807, 2.05) is 90.0 Å². The lowest BCUT2D eigenvalue weighted by atomic mass is 9.63. The summed E-state index contributed by atoms with van der Waals surface area (Å²) in [4.78, 5) is 97.8. The first-order valence-electron chi connectivity index (χ1n) is 63.3. The monoisotopic (exact) mass is 2060 g/mol. The molecule has 22 saturated carbocycles. The Labute approximate surface area is 902 Å². The van der Waals surface area contributed by atoms with Crippen molar-refractivity contribution in [3.05, 3.63) is 0 Å². The van der Waals surface area contributed by atoms with Gasteiger partial charge in [0.25, 0.3) is 0 Å². The predicted octanol–water partition coefficient (Wildman–Crippen LogP) is 32.7. The molecule has 22 fully saturated rings. The van der Waals surface area contributed by atoms with Crippen LogP contribution in [-0.2, 0) is 76.3 Å². The molecular formula is C132H220O16. The number of carbonyl (C=O) groups is 8. The molecule has 844 valence electrons. The van der Waals surface area contributed by atoms with Crippen molar-refractivity contribution in [1.29, 1.82) is 0 Å². The largest absolute Gasteiger partial charge is 0.459 e. The summed E-state index contributed by atoms with van der Waals surface area (Å²) in [6.45, 7) is 68.1. The van der Waals surface area contributed by atoms with E-state index in [0.29, 0.717) is 52.8 Å². The van der Waals surface area contributed by atoms with Crippen molar-refractivity contribution in [2.45, 2.75) is 562 Å². The maximum atomic E-state index is 12.7. The zero-order chi connectivity index (χ0) is 108. The van der Waals surface area contributed by atoms with Crippen LogP contribution in [0, 0.1) is 222 Å². The molecule has 0 aromatic rings. The van der Waals surface area contributed by atoms with Crippen LogP contribution in [0.5, 0.6) is 0 Å². The molecule has 0 radical (unpaired) electrons. The van der Waals surface area contributed by atoms with E-state index in [-0.39, 0.29) is 155 Å². The normalized spacial score (nSPS) is 44.7. The molecule has 42 unspecified atom stereocenters. The van der Waals surface area contributed by atoms with Crippen molar-refractivity contribution in [2.24, 2.45) is 222 Å². The van der Waals surface area contributed by atoms with Crippen LogP contribution < -0.4 is 0 Å². The molecule has 20 bridgehead atoms. The first kappa shape index (κ1) is 118. The maximum Gasteiger partial charge on any atom is 0.312 e. The van der Waals surface area contributed by atoms with Gasteiger partial charge in [-0.05, 0) is 479 Å². The van der Waals surface area contributed by atoms with Gasteiger partial charge in [-0.25, -0.2) is 0 Å². The summed E-state index contributed by atoms with van der Waals surface area (Å²) in [7, 11) is 0. The van der Waals surface area contributed by atoms with Crippen LogP contribution in [0.4, 0.5) is 0 Å². The smallest absolute Gasteiger partial charge is 0.312 e. The Morgan fingerprint density at radius 3 is 1.06 bits per heavy atom. The second kappa shape index (κ2) is 44.6. The van der Waals surface area contributed by atoms with E-state index >= 15 is 0 Å². The molecule has 148 heavy (non-hydrogen) atoms. The van der Waals surface area contributed by atoms with Crippen molar-refractivity contribution >= 4 is 47.8 Å². The van der Waals surface area contributed by atoms with Crippen LogP contribution in [0.3, 0.4) is 0 Å². The highest BCUT2D eigenvalue weighted by Gasteiger charge is 2.74. The molecule has 22 rings (SSSR count). The Hall–Kier alpha value is -4.24. The molecule has 0 aliphatic heterocycles. The van der Waals surface area contributed by atoms with Gasteiger partial charge in [0.05, 0.1) is 46.3 Å². The van der Waals surface area contributed by atoms with Gasteiger partial charge in [-0.1, -0.05) is 179 Å². The van der Waals surface area contributed by atoms with Gasteiger partial charge in [-0.15, -0.1) is 0 Å². The van der Waals surface area contributed by atoms with Crippen molar-refractivity contribution in [2.75, 3.05) is 0 Å². The Morgan fingerprint density at radius 2 is 0.635 bits per heavy atom. The van der Waals surface area contributed by atoms with E-state index in [0.717, 1.165) is 235 Å². The number of hydrogen-bond acceptors (Lipinski definition) is 16. The van der Waals surface area contributed by atoms with Gasteiger partial charge in [0, 0.05) is 34.5 Å². The Morgan fingerprint density at radius 1 is 0.270 bits per heavy atom. The SMILES string of the molecule is CCC(C)(C)C(=O)OC1(C)CC2CC1C1C3CCC(C3)C21.CCC(C)(C)C(=O)OC1(CC)CC2CC1C1C3CCC(C3)C21.CCC(C)C(=O)OC1(C)CC2CC1C1CCCC21.CCC(C)C(=O)OC1(C)CC2CCC1(C)C2(C)C.CCC(C)C(=O)OC1(C)CC2CCC1C2.CCC(C)C(=O)OC1(CC)CC2CC1C1CCCC21.CCC(C)C(=O)OC1(CC)CC2CCC1(C)C2(C)C.CCC(C)C(=O)OC1(CC)CC2CCC1C2. The summed E-state index contributed by atoms with van der Waals surface area (Å²) < 4.78 is 48.3. The number of hydrogen-bond donors (Lipinski definition) is 0. The van der Waals surface area contributed by atoms with Crippen LogP contribution in [0.15, 0.2) is 0 Å². The first-order valence-corrected chi connectivity index (χ1v) is 63.3. The fourth-order valence-corrected chi connectivity index (χ4v) is 39.0. The van der Waals surface area contributed by atoms with Crippen LogP contribution in [-0.4, -0.2) is 92.6 Å². The third-order valence-electron chi connectivity index (χ3n) is 51.4. The molecular weight excluding hydrogens is 1840 g/mol. The maximum absolute atomic E-state index is 12.7. The molecule has 0 spiro atoms. The average Bonchev–Trinajstić information content (AvgIpc) is 1.50. The van der Waals surface area contributed by atoms with Gasteiger partial charge in [0.15, 0.2) is 0 Å². The van der Waals surface area contributed by atoms with E-state index in [4.69, 9.17) is 37.9 Å². The molecule has 0 amide bonds. The topological polar surface area (TPSA) is 210 Å². The van der Waals surface area contributed by atoms with Gasteiger partial charge in [-0.3, -0.25) is 38.4 Å². The van der Waals surface area contributed by atoms with Crippen LogP contribution >= 0.6 is 0 Å².